The Kier molecular flexibility index (Phi) is 6.29. The highest BCUT2D eigenvalue weighted by Crippen LogP contribution is 2.34. The first-order valence-corrected chi connectivity index (χ1v) is 9.32. The molecule has 6 nitrogen and oxygen atoms in total. The molecule has 3 aromatic rings. The number of hydrogen-bond acceptors (Lipinski definition) is 6. The molecular formula is C21H19NO5S. The second-order valence-corrected chi connectivity index (χ2v) is 6.69. The number of thiophene rings is 1. The van der Waals surface area contributed by atoms with Gasteiger partial charge in [0.2, 0.25) is 0 Å². The third-order valence-electron chi connectivity index (χ3n) is 3.95. The number of benzene rings is 2. The maximum Gasteiger partial charge on any atom is 0.340 e. The minimum absolute atomic E-state index is 0.117. The minimum atomic E-state index is -0.578. The quantitative estimate of drug-likeness (QED) is 0.599. The van der Waals surface area contributed by atoms with Crippen LogP contribution < -0.4 is 14.8 Å². The van der Waals surface area contributed by atoms with E-state index in [-0.39, 0.29) is 23.8 Å². The molecule has 1 heterocycles. The lowest BCUT2D eigenvalue weighted by molar-refractivity contribution is 0.0473. The summed E-state index contributed by atoms with van der Waals surface area (Å²) in [4.78, 5) is 25.7. The average Bonchev–Trinajstić information content (AvgIpc) is 3.27. The molecule has 0 aliphatic rings. The van der Waals surface area contributed by atoms with Gasteiger partial charge in [-0.2, -0.15) is 0 Å². The third kappa shape index (κ3) is 4.50. The molecule has 2 aromatic carbocycles. The van der Waals surface area contributed by atoms with Gasteiger partial charge >= 0.3 is 5.97 Å². The lowest BCUT2D eigenvalue weighted by Crippen LogP contribution is -2.15. The largest absolute Gasteiger partial charge is 0.493 e. The van der Waals surface area contributed by atoms with Gasteiger partial charge in [-0.1, -0.05) is 36.4 Å². The molecule has 0 spiro atoms. The lowest BCUT2D eigenvalue weighted by Gasteiger charge is -2.15. The number of esters is 1. The van der Waals surface area contributed by atoms with Crippen molar-refractivity contribution in [2.24, 2.45) is 0 Å². The first-order valence-electron chi connectivity index (χ1n) is 8.44. The summed E-state index contributed by atoms with van der Waals surface area (Å²) in [7, 11) is 2.96. The first kappa shape index (κ1) is 19.4. The predicted octanol–water partition coefficient (Wildman–Crippen LogP) is 4.37. The fraction of sp³-hybridized carbons (Fsp3) is 0.143. The van der Waals surface area contributed by atoms with Crippen LogP contribution in [0, 0.1) is 0 Å². The Balaban J connectivity index is 1.88. The van der Waals surface area contributed by atoms with Crippen LogP contribution in [-0.2, 0) is 11.3 Å². The SMILES string of the molecule is COc1cc(NC(=O)c2cccs2)c(C(=O)OCc2ccccc2)cc1OC. The van der Waals surface area contributed by atoms with Crippen molar-refractivity contribution < 1.29 is 23.8 Å². The Hall–Kier alpha value is -3.32. The molecule has 1 aromatic heterocycles. The van der Waals surface area contributed by atoms with Crippen LogP contribution in [0.25, 0.3) is 0 Å². The molecule has 0 bridgehead atoms. The molecule has 0 unspecified atom stereocenters. The maximum atomic E-state index is 12.7. The summed E-state index contributed by atoms with van der Waals surface area (Å²) in [6.45, 7) is 0.117. The predicted molar refractivity (Wildman–Crippen MR) is 107 cm³/mol. The molecule has 0 saturated heterocycles. The summed E-state index contributed by atoms with van der Waals surface area (Å²) in [5, 5.41) is 4.56. The molecule has 0 saturated carbocycles. The van der Waals surface area contributed by atoms with E-state index in [9.17, 15) is 9.59 Å². The molecule has 0 aliphatic carbocycles. The third-order valence-corrected chi connectivity index (χ3v) is 4.82. The van der Waals surface area contributed by atoms with Crippen molar-refractivity contribution in [1.29, 1.82) is 0 Å². The van der Waals surface area contributed by atoms with Crippen LogP contribution in [0.3, 0.4) is 0 Å². The van der Waals surface area contributed by atoms with Gasteiger partial charge in [0.15, 0.2) is 11.5 Å². The Morgan fingerprint density at radius 1 is 0.964 bits per heavy atom. The maximum absolute atomic E-state index is 12.7. The number of methoxy groups -OCH3 is 2. The fourth-order valence-electron chi connectivity index (χ4n) is 2.54. The van der Waals surface area contributed by atoms with Crippen molar-refractivity contribution in [2.75, 3.05) is 19.5 Å². The molecule has 0 aliphatic heterocycles. The molecule has 28 heavy (non-hydrogen) atoms. The molecule has 3 rings (SSSR count). The van der Waals surface area contributed by atoms with Gasteiger partial charge in [0.05, 0.1) is 30.3 Å². The zero-order chi connectivity index (χ0) is 19.9. The number of nitrogens with one attached hydrogen (secondary N) is 1. The standard InChI is InChI=1S/C21H19NO5S/c1-25-17-11-15(21(24)27-13-14-7-4-3-5-8-14)16(12-18(17)26-2)22-20(23)19-9-6-10-28-19/h3-12H,13H2,1-2H3,(H,22,23). The molecule has 0 fully saturated rings. The van der Waals surface area contributed by atoms with Gasteiger partial charge in [0, 0.05) is 12.1 Å². The zero-order valence-electron chi connectivity index (χ0n) is 15.4. The molecule has 0 radical (unpaired) electrons. The number of carbonyl (C=O) groups excluding carboxylic acids is 2. The normalized spacial score (nSPS) is 10.2. The van der Waals surface area contributed by atoms with Gasteiger partial charge in [0.1, 0.15) is 6.61 Å². The van der Waals surface area contributed by atoms with E-state index in [0.29, 0.717) is 16.4 Å². The highest BCUT2D eigenvalue weighted by molar-refractivity contribution is 7.12. The molecule has 0 atom stereocenters. The summed E-state index contributed by atoms with van der Waals surface area (Å²) < 4.78 is 16.0. The van der Waals surface area contributed by atoms with Crippen LogP contribution in [0.1, 0.15) is 25.6 Å². The summed E-state index contributed by atoms with van der Waals surface area (Å²) in [6.07, 6.45) is 0. The summed E-state index contributed by atoms with van der Waals surface area (Å²) >= 11 is 1.31. The van der Waals surface area contributed by atoms with Crippen LogP contribution in [-0.4, -0.2) is 26.1 Å². The Labute approximate surface area is 166 Å². The second-order valence-electron chi connectivity index (χ2n) is 5.75. The zero-order valence-corrected chi connectivity index (χ0v) is 16.2. The van der Waals surface area contributed by atoms with E-state index in [4.69, 9.17) is 14.2 Å². The summed E-state index contributed by atoms with van der Waals surface area (Å²) in [6, 6.07) is 15.9. The number of rotatable bonds is 7. The molecule has 144 valence electrons. The van der Waals surface area contributed by atoms with Crippen LogP contribution in [0.15, 0.2) is 60.0 Å². The Bertz CT molecular complexity index is 954. The summed E-state index contributed by atoms with van der Waals surface area (Å²) in [5.41, 5.74) is 1.33. The number of carbonyl (C=O) groups is 2. The van der Waals surface area contributed by atoms with Crippen molar-refractivity contribution in [1.82, 2.24) is 0 Å². The number of amides is 1. The van der Waals surface area contributed by atoms with Crippen molar-refractivity contribution in [3.05, 3.63) is 76.0 Å². The van der Waals surface area contributed by atoms with Crippen LogP contribution in [0.4, 0.5) is 5.69 Å². The first-order chi connectivity index (χ1) is 13.6. The van der Waals surface area contributed by atoms with E-state index in [1.54, 1.807) is 23.6 Å². The monoisotopic (exact) mass is 397 g/mol. The van der Waals surface area contributed by atoms with Gasteiger partial charge in [-0.05, 0) is 17.0 Å². The van der Waals surface area contributed by atoms with Crippen molar-refractivity contribution in [3.8, 4) is 11.5 Å². The molecule has 1 amide bonds. The van der Waals surface area contributed by atoms with Crippen molar-refractivity contribution in [3.63, 3.8) is 0 Å². The van der Waals surface area contributed by atoms with Crippen molar-refractivity contribution >= 4 is 28.9 Å². The number of ether oxygens (including phenoxy) is 3. The Morgan fingerprint density at radius 3 is 2.32 bits per heavy atom. The highest BCUT2D eigenvalue weighted by atomic mass is 32.1. The summed E-state index contributed by atoms with van der Waals surface area (Å²) in [5.74, 6) is -0.141. The van der Waals surface area contributed by atoms with Gasteiger partial charge in [-0.25, -0.2) is 4.79 Å². The molecular weight excluding hydrogens is 378 g/mol. The van der Waals surface area contributed by atoms with Crippen molar-refractivity contribution in [2.45, 2.75) is 6.61 Å². The molecule has 1 N–H and O–H groups in total. The van der Waals surface area contributed by atoms with Gasteiger partial charge in [0.25, 0.3) is 5.91 Å². The molecule has 7 heteroatoms. The smallest absolute Gasteiger partial charge is 0.340 e. The van der Waals surface area contributed by atoms with E-state index in [1.165, 1.54) is 31.6 Å². The van der Waals surface area contributed by atoms with E-state index >= 15 is 0 Å². The van der Waals surface area contributed by atoms with Crippen LogP contribution in [0.2, 0.25) is 0 Å². The van der Waals surface area contributed by atoms with Gasteiger partial charge in [-0.3, -0.25) is 4.79 Å². The van der Waals surface area contributed by atoms with E-state index < -0.39 is 5.97 Å². The topological polar surface area (TPSA) is 73.9 Å². The highest BCUT2D eigenvalue weighted by Gasteiger charge is 2.20. The van der Waals surface area contributed by atoms with Gasteiger partial charge in [-0.15, -0.1) is 11.3 Å². The fourth-order valence-corrected chi connectivity index (χ4v) is 3.16. The van der Waals surface area contributed by atoms with E-state index in [2.05, 4.69) is 5.32 Å². The van der Waals surface area contributed by atoms with E-state index in [0.717, 1.165) is 5.56 Å². The van der Waals surface area contributed by atoms with E-state index in [1.807, 2.05) is 30.3 Å². The second kappa shape index (κ2) is 9.05. The number of anilines is 1. The lowest BCUT2D eigenvalue weighted by atomic mass is 10.1. The van der Waals surface area contributed by atoms with Crippen LogP contribution >= 0.6 is 11.3 Å². The average molecular weight is 397 g/mol. The Morgan fingerprint density at radius 2 is 1.68 bits per heavy atom. The van der Waals surface area contributed by atoms with Gasteiger partial charge < -0.3 is 19.5 Å². The van der Waals surface area contributed by atoms with Crippen LogP contribution in [0.5, 0.6) is 11.5 Å². The minimum Gasteiger partial charge on any atom is -0.493 e. The number of hydrogen-bond donors (Lipinski definition) is 1.